The fourth-order valence-corrected chi connectivity index (χ4v) is 3.41. The highest BCUT2D eigenvalue weighted by Gasteiger charge is 2.33. The van der Waals surface area contributed by atoms with Crippen LogP contribution in [-0.4, -0.2) is 53.6 Å². The van der Waals surface area contributed by atoms with E-state index in [-0.39, 0.29) is 18.0 Å². The first-order chi connectivity index (χ1) is 11.1. The lowest BCUT2D eigenvalue weighted by atomic mass is 10.2. The number of hydrogen-bond acceptors (Lipinski definition) is 3. The number of benzene rings is 1. The molecule has 1 aliphatic rings. The Hall–Kier alpha value is -1.27. The average molecular weight is 418 g/mol. The summed E-state index contributed by atoms with van der Waals surface area (Å²) in [6.45, 7) is 6.60. The minimum atomic E-state index is -0.534. The molecular weight excluding hydrogens is 396 g/mol. The summed E-state index contributed by atoms with van der Waals surface area (Å²) in [4.78, 5) is 28.2. The van der Waals surface area contributed by atoms with Crippen LogP contribution in [0.2, 0.25) is 5.02 Å². The predicted octanol–water partition coefficient (Wildman–Crippen LogP) is 4.18. The SMILES string of the molecule is CN(C(=O)OC(C)(C)C)[C@@H]1CCN(C(=O)c2ccc(Cl)cc2Br)C1. The van der Waals surface area contributed by atoms with Crippen LogP contribution in [-0.2, 0) is 4.74 Å². The van der Waals surface area contributed by atoms with Gasteiger partial charge in [0.2, 0.25) is 0 Å². The molecule has 0 unspecified atom stereocenters. The zero-order valence-electron chi connectivity index (χ0n) is 14.3. The summed E-state index contributed by atoms with van der Waals surface area (Å²) in [6.07, 6.45) is 0.363. The third-order valence-electron chi connectivity index (χ3n) is 3.84. The lowest BCUT2D eigenvalue weighted by Crippen LogP contribution is -2.42. The van der Waals surface area contributed by atoms with Crippen LogP contribution < -0.4 is 0 Å². The van der Waals surface area contributed by atoms with Gasteiger partial charge in [-0.2, -0.15) is 0 Å². The van der Waals surface area contributed by atoms with Crippen molar-refractivity contribution in [3.8, 4) is 0 Å². The molecule has 0 aromatic heterocycles. The van der Waals surface area contributed by atoms with Gasteiger partial charge in [0.1, 0.15) is 5.60 Å². The monoisotopic (exact) mass is 416 g/mol. The highest BCUT2D eigenvalue weighted by atomic mass is 79.9. The number of likely N-dealkylation sites (tertiary alicyclic amines) is 1. The maximum absolute atomic E-state index is 12.7. The van der Waals surface area contributed by atoms with Crippen LogP contribution in [0.1, 0.15) is 37.6 Å². The molecule has 0 N–H and O–H groups in total. The van der Waals surface area contributed by atoms with Crippen LogP contribution in [0.3, 0.4) is 0 Å². The summed E-state index contributed by atoms with van der Waals surface area (Å²) in [6, 6.07) is 5.06. The maximum atomic E-state index is 12.7. The van der Waals surface area contributed by atoms with Gasteiger partial charge in [0.05, 0.1) is 11.6 Å². The molecule has 5 nitrogen and oxygen atoms in total. The highest BCUT2D eigenvalue weighted by Crippen LogP contribution is 2.25. The van der Waals surface area contributed by atoms with Crippen LogP contribution in [0.5, 0.6) is 0 Å². The Balaban J connectivity index is 2.02. The van der Waals surface area contributed by atoms with Gasteiger partial charge in [-0.25, -0.2) is 4.79 Å². The Bertz CT molecular complexity index is 645. The molecule has 1 aliphatic heterocycles. The van der Waals surface area contributed by atoms with E-state index in [1.165, 1.54) is 0 Å². The van der Waals surface area contributed by atoms with Gasteiger partial charge in [-0.15, -0.1) is 0 Å². The Kier molecular flexibility index (Phi) is 5.81. The van der Waals surface area contributed by atoms with E-state index in [1.54, 1.807) is 35.0 Å². The smallest absolute Gasteiger partial charge is 0.410 e. The van der Waals surface area contributed by atoms with Gasteiger partial charge in [-0.05, 0) is 61.3 Å². The van der Waals surface area contributed by atoms with Gasteiger partial charge in [-0.1, -0.05) is 11.6 Å². The van der Waals surface area contributed by atoms with Crippen LogP contribution >= 0.6 is 27.5 Å². The lowest BCUT2D eigenvalue weighted by Gasteiger charge is -2.28. The Morgan fingerprint density at radius 1 is 1.38 bits per heavy atom. The molecule has 2 rings (SSSR count). The van der Waals surface area contributed by atoms with Crippen LogP contribution in [0, 0.1) is 0 Å². The number of likely N-dealkylation sites (N-methyl/N-ethyl adjacent to an activating group) is 1. The first-order valence-electron chi connectivity index (χ1n) is 7.78. The minimum Gasteiger partial charge on any atom is -0.444 e. The number of carbonyl (C=O) groups excluding carboxylic acids is 2. The first-order valence-corrected chi connectivity index (χ1v) is 8.96. The fourth-order valence-electron chi connectivity index (χ4n) is 2.56. The topological polar surface area (TPSA) is 49.9 Å². The van der Waals surface area contributed by atoms with E-state index in [0.29, 0.717) is 28.1 Å². The Morgan fingerprint density at radius 3 is 2.62 bits per heavy atom. The molecule has 0 bridgehead atoms. The van der Waals surface area contributed by atoms with Crippen molar-refractivity contribution in [1.29, 1.82) is 0 Å². The first kappa shape index (κ1) is 19.1. The van der Waals surface area contributed by atoms with Crippen molar-refractivity contribution in [2.24, 2.45) is 0 Å². The van der Waals surface area contributed by atoms with Gasteiger partial charge >= 0.3 is 6.09 Å². The van der Waals surface area contributed by atoms with Crippen molar-refractivity contribution >= 4 is 39.5 Å². The quantitative estimate of drug-likeness (QED) is 0.725. The molecule has 1 heterocycles. The van der Waals surface area contributed by atoms with E-state index in [2.05, 4.69) is 15.9 Å². The van der Waals surface area contributed by atoms with Gasteiger partial charge in [0, 0.05) is 29.6 Å². The summed E-state index contributed by atoms with van der Waals surface area (Å²) < 4.78 is 6.06. The molecule has 0 aliphatic carbocycles. The molecule has 1 aromatic rings. The number of halogens is 2. The summed E-state index contributed by atoms with van der Waals surface area (Å²) in [5, 5.41) is 0.572. The Morgan fingerprint density at radius 2 is 2.04 bits per heavy atom. The number of hydrogen-bond donors (Lipinski definition) is 0. The van der Waals surface area contributed by atoms with Crippen molar-refractivity contribution in [2.45, 2.75) is 38.8 Å². The summed E-state index contributed by atoms with van der Waals surface area (Å²) in [7, 11) is 1.71. The van der Waals surface area contributed by atoms with Crippen LogP contribution in [0.4, 0.5) is 4.79 Å². The predicted molar refractivity (Wildman–Crippen MR) is 97.5 cm³/mol. The number of amides is 2. The number of rotatable bonds is 2. The van der Waals surface area contributed by atoms with Crippen LogP contribution in [0.25, 0.3) is 0 Å². The molecule has 24 heavy (non-hydrogen) atoms. The van der Waals surface area contributed by atoms with Crippen molar-refractivity contribution < 1.29 is 14.3 Å². The average Bonchev–Trinajstić information content (AvgIpc) is 2.93. The molecule has 132 valence electrons. The third-order valence-corrected chi connectivity index (χ3v) is 4.73. The van der Waals surface area contributed by atoms with Crippen molar-refractivity contribution in [3.05, 3.63) is 33.3 Å². The number of nitrogens with zero attached hydrogens (tertiary/aromatic N) is 2. The number of carbonyl (C=O) groups is 2. The second-order valence-electron chi connectivity index (χ2n) is 6.91. The molecule has 1 aromatic carbocycles. The van der Waals surface area contributed by atoms with Gasteiger partial charge in [0.25, 0.3) is 5.91 Å². The molecule has 1 saturated heterocycles. The second kappa shape index (κ2) is 7.31. The molecule has 1 fully saturated rings. The lowest BCUT2D eigenvalue weighted by molar-refractivity contribution is 0.0226. The van der Waals surface area contributed by atoms with E-state index in [0.717, 1.165) is 6.42 Å². The van der Waals surface area contributed by atoms with Gasteiger partial charge in [0.15, 0.2) is 0 Å². The molecular formula is C17H22BrClN2O3. The number of ether oxygens (including phenoxy) is 1. The molecule has 0 spiro atoms. The standard InChI is InChI=1S/C17H22BrClN2O3/c1-17(2,3)24-16(23)20(4)12-7-8-21(10-12)15(22)13-6-5-11(19)9-14(13)18/h5-6,9,12H,7-8,10H2,1-4H3/t12-/m1/s1. The fraction of sp³-hybridized carbons (Fsp3) is 0.529. The van der Waals surface area contributed by atoms with E-state index in [9.17, 15) is 9.59 Å². The van der Waals surface area contributed by atoms with Gasteiger partial charge in [-0.3, -0.25) is 4.79 Å². The Labute approximate surface area is 156 Å². The minimum absolute atomic E-state index is 0.0464. The zero-order chi connectivity index (χ0) is 18.1. The van der Waals surface area contributed by atoms with E-state index in [4.69, 9.17) is 16.3 Å². The second-order valence-corrected chi connectivity index (χ2v) is 8.20. The third kappa shape index (κ3) is 4.63. The maximum Gasteiger partial charge on any atom is 0.410 e. The summed E-state index contributed by atoms with van der Waals surface area (Å²) in [5.74, 6) is -0.0707. The molecule has 7 heteroatoms. The normalized spacial score (nSPS) is 17.8. The largest absolute Gasteiger partial charge is 0.444 e. The highest BCUT2D eigenvalue weighted by molar-refractivity contribution is 9.10. The van der Waals surface area contributed by atoms with Crippen molar-refractivity contribution in [3.63, 3.8) is 0 Å². The summed E-state index contributed by atoms with van der Waals surface area (Å²) >= 11 is 9.30. The van der Waals surface area contributed by atoms with Crippen molar-refractivity contribution in [1.82, 2.24) is 9.80 Å². The molecule has 0 saturated carbocycles. The van der Waals surface area contributed by atoms with E-state index < -0.39 is 5.60 Å². The summed E-state index contributed by atoms with van der Waals surface area (Å²) in [5.41, 5.74) is 0.0353. The van der Waals surface area contributed by atoms with Gasteiger partial charge < -0.3 is 14.5 Å². The zero-order valence-corrected chi connectivity index (χ0v) is 16.6. The van der Waals surface area contributed by atoms with E-state index in [1.807, 2.05) is 20.8 Å². The van der Waals surface area contributed by atoms with E-state index >= 15 is 0 Å². The van der Waals surface area contributed by atoms with Crippen LogP contribution in [0.15, 0.2) is 22.7 Å². The molecule has 0 radical (unpaired) electrons. The molecule has 2 amide bonds. The van der Waals surface area contributed by atoms with Crippen molar-refractivity contribution in [2.75, 3.05) is 20.1 Å². The molecule has 1 atom stereocenters.